The van der Waals surface area contributed by atoms with Gasteiger partial charge >= 0.3 is 0 Å². The van der Waals surface area contributed by atoms with E-state index in [1.807, 2.05) is 0 Å². The molecule has 0 saturated carbocycles. The largest absolute Gasteiger partial charge is 0.388 e. The molecule has 16 heavy (non-hydrogen) atoms. The molecule has 0 spiro atoms. The van der Waals surface area contributed by atoms with Crippen molar-refractivity contribution in [3.8, 4) is 0 Å². The summed E-state index contributed by atoms with van der Waals surface area (Å²) in [7, 11) is 0. The normalized spacial score (nSPS) is 36.6. The fourth-order valence-corrected chi connectivity index (χ4v) is 4.39. The van der Waals surface area contributed by atoms with Crippen LogP contribution in [0.1, 0.15) is 28.3 Å². The molecule has 0 saturated heterocycles. The topological polar surface area (TPSA) is 20.2 Å². The van der Waals surface area contributed by atoms with Crippen molar-refractivity contribution in [1.82, 2.24) is 0 Å². The van der Waals surface area contributed by atoms with Crippen LogP contribution in [0.4, 0.5) is 0 Å². The SMILES string of the molecule is OC1C[C@@H]([C@@H]2c3ccccc3[C@H]2Br)C=C1Br. The predicted molar refractivity (Wildman–Crippen MR) is 72.0 cm³/mol. The average molecular weight is 344 g/mol. The maximum absolute atomic E-state index is 9.74. The number of allylic oxidation sites excluding steroid dienone is 1. The third kappa shape index (κ3) is 1.52. The van der Waals surface area contributed by atoms with Gasteiger partial charge in [0.05, 0.1) is 6.10 Å². The van der Waals surface area contributed by atoms with Crippen LogP contribution in [0.25, 0.3) is 0 Å². The number of fused-ring (bicyclic) bond motifs is 1. The van der Waals surface area contributed by atoms with Crippen molar-refractivity contribution in [2.24, 2.45) is 5.92 Å². The fraction of sp³-hybridized carbons (Fsp3) is 0.385. The van der Waals surface area contributed by atoms with Crippen LogP contribution in [-0.2, 0) is 0 Å². The zero-order valence-electron chi connectivity index (χ0n) is 8.61. The van der Waals surface area contributed by atoms with Gasteiger partial charge in [0.25, 0.3) is 0 Å². The molecule has 1 aromatic carbocycles. The van der Waals surface area contributed by atoms with Gasteiger partial charge in [0, 0.05) is 15.2 Å². The predicted octanol–water partition coefficient (Wildman–Crippen LogP) is 3.88. The molecule has 0 heterocycles. The molecule has 0 amide bonds. The number of hydrogen-bond donors (Lipinski definition) is 1. The lowest BCUT2D eigenvalue weighted by molar-refractivity contribution is 0.199. The van der Waals surface area contributed by atoms with Crippen LogP contribution in [0, 0.1) is 5.92 Å². The quantitative estimate of drug-likeness (QED) is 0.767. The monoisotopic (exact) mass is 342 g/mol. The van der Waals surface area contributed by atoms with Gasteiger partial charge in [-0.3, -0.25) is 0 Å². The van der Waals surface area contributed by atoms with E-state index in [4.69, 9.17) is 0 Å². The summed E-state index contributed by atoms with van der Waals surface area (Å²) in [6, 6.07) is 8.55. The summed E-state index contributed by atoms with van der Waals surface area (Å²) in [5, 5.41) is 9.74. The molecule has 0 fully saturated rings. The van der Waals surface area contributed by atoms with E-state index in [1.165, 1.54) is 11.1 Å². The summed E-state index contributed by atoms with van der Waals surface area (Å²) in [5.41, 5.74) is 2.83. The lowest BCUT2D eigenvalue weighted by Gasteiger charge is -2.39. The second-order valence-electron chi connectivity index (χ2n) is 4.52. The second kappa shape index (κ2) is 3.97. The van der Waals surface area contributed by atoms with E-state index in [-0.39, 0.29) is 6.10 Å². The Bertz CT molecular complexity index is 455. The van der Waals surface area contributed by atoms with E-state index in [9.17, 15) is 5.11 Å². The van der Waals surface area contributed by atoms with E-state index in [2.05, 4.69) is 62.2 Å². The maximum Gasteiger partial charge on any atom is 0.0857 e. The summed E-state index contributed by atoms with van der Waals surface area (Å²) >= 11 is 7.17. The molecule has 1 nitrogen and oxygen atoms in total. The van der Waals surface area contributed by atoms with Crippen LogP contribution in [0.15, 0.2) is 34.8 Å². The molecule has 1 aromatic rings. The second-order valence-corrected chi connectivity index (χ2v) is 6.43. The molecule has 0 bridgehead atoms. The third-order valence-corrected chi connectivity index (χ3v) is 5.47. The summed E-state index contributed by atoms with van der Waals surface area (Å²) in [4.78, 5) is 0.440. The van der Waals surface area contributed by atoms with Crippen molar-refractivity contribution >= 4 is 31.9 Å². The first-order chi connectivity index (χ1) is 7.68. The van der Waals surface area contributed by atoms with Gasteiger partial charge in [0.15, 0.2) is 0 Å². The zero-order valence-corrected chi connectivity index (χ0v) is 11.8. The maximum atomic E-state index is 9.74. The fourth-order valence-electron chi connectivity index (χ4n) is 2.77. The highest BCUT2D eigenvalue weighted by Crippen LogP contribution is 2.56. The van der Waals surface area contributed by atoms with E-state index in [0.717, 1.165) is 10.9 Å². The zero-order chi connectivity index (χ0) is 11.3. The average Bonchev–Trinajstić information content (AvgIpc) is 2.58. The van der Waals surface area contributed by atoms with Gasteiger partial charge in [0.1, 0.15) is 0 Å². The molecule has 0 aliphatic heterocycles. The molecule has 1 unspecified atom stereocenters. The van der Waals surface area contributed by atoms with Crippen LogP contribution in [0.5, 0.6) is 0 Å². The van der Waals surface area contributed by atoms with Crippen LogP contribution < -0.4 is 0 Å². The van der Waals surface area contributed by atoms with Crippen LogP contribution in [-0.4, -0.2) is 11.2 Å². The van der Waals surface area contributed by atoms with Gasteiger partial charge in [0.2, 0.25) is 0 Å². The molecular formula is C13H12Br2O. The molecule has 84 valence electrons. The lowest BCUT2D eigenvalue weighted by Crippen LogP contribution is -2.26. The van der Waals surface area contributed by atoms with Gasteiger partial charge in [-0.25, -0.2) is 0 Å². The number of alkyl halides is 1. The van der Waals surface area contributed by atoms with E-state index in [1.54, 1.807) is 0 Å². The Morgan fingerprint density at radius 2 is 1.88 bits per heavy atom. The Hall–Kier alpha value is -0.120. The third-order valence-electron chi connectivity index (χ3n) is 3.62. The van der Waals surface area contributed by atoms with Gasteiger partial charge in [-0.15, -0.1) is 0 Å². The first-order valence-electron chi connectivity index (χ1n) is 5.46. The molecular weight excluding hydrogens is 332 g/mol. The van der Waals surface area contributed by atoms with Crippen LogP contribution in [0.3, 0.4) is 0 Å². The van der Waals surface area contributed by atoms with Crippen molar-refractivity contribution in [2.75, 3.05) is 0 Å². The first-order valence-corrected chi connectivity index (χ1v) is 7.17. The van der Waals surface area contributed by atoms with Crippen molar-refractivity contribution in [3.05, 3.63) is 46.0 Å². The minimum absolute atomic E-state index is 0.308. The van der Waals surface area contributed by atoms with Crippen molar-refractivity contribution in [1.29, 1.82) is 0 Å². The number of hydrogen-bond acceptors (Lipinski definition) is 1. The molecule has 0 radical (unpaired) electrons. The number of benzene rings is 1. The van der Waals surface area contributed by atoms with Crippen LogP contribution in [0.2, 0.25) is 0 Å². The highest BCUT2D eigenvalue weighted by Gasteiger charge is 2.42. The standard InChI is InChI=1S/C13H12Br2O/c14-10-5-7(6-11(10)16)12-8-3-1-2-4-9(8)13(12)15/h1-5,7,11-13,16H,6H2/t7-,11?,12+,13+/m0/s1. The van der Waals surface area contributed by atoms with Crippen molar-refractivity contribution in [3.63, 3.8) is 0 Å². The molecule has 3 rings (SSSR count). The van der Waals surface area contributed by atoms with Gasteiger partial charge < -0.3 is 5.11 Å². The molecule has 3 heteroatoms. The van der Waals surface area contributed by atoms with E-state index >= 15 is 0 Å². The summed E-state index contributed by atoms with van der Waals surface area (Å²) in [6.45, 7) is 0. The Balaban J connectivity index is 1.90. The summed E-state index contributed by atoms with van der Waals surface area (Å²) < 4.78 is 0.946. The summed E-state index contributed by atoms with van der Waals surface area (Å²) in [6.07, 6.45) is 2.69. The van der Waals surface area contributed by atoms with Gasteiger partial charge in [-0.1, -0.05) is 62.2 Å². The number of rotatable bonds is 1. The lowest BCUT2D eigenvalue weighted by atomic mass is 9.70. The minimum atomic E-state index is -0.308. The van der Waals surface area contributed by atoms with Crippen molar-refractivity contribution in [2.45, 2.75) is 23.3 Å². The number of aliphatic hydroxyl groups is 1. The van der Waals surface area contributed by atoms with E-state index in [0.29, 0.717) is 16.7 Å². The Morgan fingerprint density at radius 3 is 2.50 bits per heavy atom. The first kappa shape index (κ1) is 11.0. The van der Waals surface area contributed by atoms with E-state index < -0.39 is 0 Å². The molecule has 1 N–H and O–H groups in total. The molecule has 2 aliphatic rings. The Labute approximate surface area is 112 Å². The van der Waals surface area contributed by atoms with Crippen LogP contribution >= 0.6 is 31.9 Å². The highest BCUT2D eigenvalue weighted by molar-refractivity contribution is 9.11. The number of halogens is 2. The molecule has 4 atom stereocenters. The summed E-state index contributed by atoms with van der Waals surface area (Å²) in [5.74, 6) is 0.963. The highest BCUT2D eigenvalue weighted by atomic mass is 79.9. The smallest absolute Gasteiger partial charge is 0.0857 e. The Morgan fingerprint density at radius 1 is 1.19 bits per heavy atom. The van der Waals surface area contributed by atoms with Gasteiger partial charge in [-0.2, -0.15) is 0 Å². The number of aliphatic hydroxyl groups excluding tert-OH is 1. The molecule has 0 aromatic heterocycles. The van der Waals surface area contributed by atoms with Crippen molar-refractivity contribution < 1.29 is 5.11 Å². The van der Waals surface area contributed by atoms with Gasteiger partial charge in [-0.05, 0) is 23.5 Å². The molecule has 2 aliphatic carbocycles. The Kier molecular flexibility index (Phi) is 2.73. The minimum Gasteiger partial charge on any atom is -0.388 e.